The Morgan fingerprint density at radius 3 is 2.76 bits per heavy atom. The van der Waals surface area contributed by atoms with Gasteiger partial charge in [-0.05, 0) is 24.3 Å². The number of nitrogens with one attached hydrogen (secondary N) is 1. The van der Waals surface area contributed by atoms with Crippen molar-refractivity contribution in [2.45, 2.75) is 13.0 Å². The van der Waals surface area contributed by atoms with Crippen molar-refractivity contribution >= 4 is 28.3 Å². The lowest BCUT2D eigenvalue weighted by molar-refractivity contribution is -0.117. The summed E-state index contributed by atoms with van der Waals surface area (Å²) in [6, 6.07) is 12.6. The van der Waals surface area contributed by atoms with Crippen LogP contribution in [-0.2, 0) is 17.8 Å². The number of hydrogen-bond donors (Lipinski definition) is 2. The molecule has 3 N–H and O–H groups in total. The Morgan fingerprint density at radius 2 is 2.00 bits per heavy atom. The number of amides is 2. The average molecular weight is 357 g/mol. The standard InChI is InChI=1S/C17H15N3O4S/c18-15(21)8-11-10-25-17(19-11)20-16(22)14-7-6-13(24-14)9-23-12-4-2-1-3-5-12/h1-7,10H,8-9H2,(H2,18,21)(H,19,20,22). The van der Waals surface area contributed by atoms with Crippen molar-refractivity contribution in [3.63, 3.8) is 0 Å². The van der Waals surface area contributed by atoms with Gasteiger partial charge in [-0.25, -0.2) is 4.98 Å². The molecule has 3 aromatic rings. The molecule has 0 spiro atoms. The number of para-hydroxylation sites is 1. The highest BCUT2D eigenvalue weighted by Crippen LogP contribution is 2.18. The van der Waals surface area contributed by atoms with Crippen LogP contribution in [0.2, 0.25) is 0 Å². The number of ether oxygens (including phenoxy) is 1. The Bertz CT molecular complexity index is 873. The molecule has 0 atom stereocenters. The van der Waals surface area contributed by atoms with E-state index >= 15 is 0 Å². The van der Waals surface area contributed by atoms with Crippen molar-refractivity contribution in [1.29, 1.82) is 0 Å². The van der Waals surface area contributed by atoms with Gasteiger partial charge >= 0.3 is 0 Å². The summed E-state index contributed by atoms with van der Waals surface area (Å²) in [6.07, 6.45) is 0.0358. The molecule has 2 heterocycles. The van der Waals surface area contributed by atoms with Crippen LogP contribution in [0.4, 0.5) is 5.13 Å². The van der Waals surface area contributed by atoms with Crippen molar-refractivity contribution in [2.24, 2.45) is 5.73 Å². The molecule has 0 bridgehead atoms. The monoisotopic (exact) mass is 357 g/mol. The van der Waals surface area contributed by atoms with E-state index < -0.39 is 11.8 Å². The maximum Gasteiger partial charge on any atom is 0.293 e. The zero-order valence-electron chi connectivity index (χ0n) is 13.1. The number of benzene rings is 1. The largest absolute Gasteiger partial charge is 0.486 e. The average Bonchev–Trinajstić information content (AvgIpc) is 3.23. The summed E-state index contributed by atoms with van der Waals surface area (Å²) >= 11 is 1.21. The number of hydrogen-bond acceptors (Lipinski definition) is 6. The molecule has 0 unspecified atom stereocenters. The Balaban J connectivity index is 1.57. The molecule has 8 heteroatoms. The lowest BCUT2D eigenvalue weighted by Gasteiger charge is -2.03. The number of aromatic nitrogens is 1. The highest BCUT2D eigenvalue weighted by atomic mass is 32.1. The van der Waals surface area contributed by atoms with Crippen molar-refractivity contribution in [3.8, 4) is 5.75 Å². The smallest absolute Gasteiger partial charge is 0.293 e. The molecule has 0 radical (unpaired) electrons. The summed E-state index contributed by atoms with van der Waals surface area (Å²) in [5, 5.41) is 4.66. The van der Waals surface area contributed by atoms with Gasteiger partial charge in [0.25, 0.3) is 5.91 Å². The van der Waals surface area contributed by atoms with E-state index in [1.54, 1.807) is 17.5 Å². The SMILES string of the molecule is NC(=O)Cc1csc(NC(=O)c2ccc(COc3ccccc3)o2)n1. The number of furan rings is 1. The highest BCUT2D eigenvalue weighted by Gasteiger charge is 2.14. The van der Waals surface area contributed by atoms with Crippen LogP contribution >= 0.6 is 11.3 Å². The van der Waals surface area contributed by atoms with Crippen LogP contribution in [-0.4, -0.2) is 16.8 Å². The Morgan fingerprint density at radius 1 is 1.20 bits per heavy atom. The van der Waals surface area contributed by atoms with E-state index in [9.17, 15) is 9.59 Å². The Kier molecular flexibility index (Phi) is 5.10. The molecule has 7 nitrogen and oxygen atoms in total. The highest BCUT2D eigenvalue weighted by molar-refractivity contribution is 7.14. The first kappa shape index (κ1) is 16.7. The van der Waals surface area contributed by atoms with Gasteiger partial charge in [0.2, 0.25) is 5.91 Å². The van der Waals surface area contributed by atoms with Gasteiger partial charge in [-0.1, -0.05) is 18.2 Å². The minimum atomic E-state index is -0.475. The fraction of sp³-hybridized carbons (Fsp3) is 0.118. The van der Waals surface area contributed by atoms with Crippen molar-refractivity contribution in [2.75, 3.05) is 5.32 Å². The number of nitrogens with two attached hydrogens (primary N) is 1. The number of primary amides is 1. The summed E-state index contributed by atoms with van der Waals surface area (Å²) < 4.78 is 11.0. The zero-order valence-corrected chi connectivity index (χ0v) is 13.9. The van der Waals surface area contributed by atoms with Gasteiger partial charge in [0.05, 0.1) is 12.1 Å². The minimum Gasteiger partial charge on any atom is -0.486 e. The van der Waals surface area contributed by atoms with Gasteiger partial charge < -0.3 is 14.9 Å². The molecule has 0 aliphatic carbocycles. The zero-order chi connectivity index (χ0) is 17.6. The molecule has 25 heavy (non-hydrogen) atoms. The van der Waals surface area contributed by atoms with Gasteiger partial charge in [-0.3, -0.25) is 14.9 Å². The van der Waals surface area contributed by atoms with Crippen molar-refractivity contribution in [3.05, 3.63) is 65.1 Å². The summed E-state index contributed by atoms with van der Waals surface area (Å²) in [5.74, 6) is 0.499. The summed E-state index contributed by atoms with van der Waals surface area (Å²) in [7, 11) is 0. The minimum absolute atomic E-state index is 0.0358. The third-order valence-corrected chi connectivity index (χ3v) is 3.94. The third-order valence-electron chi connectivity index (χ3n) is 3.14. The fourth-order valence-electron chi connectivity index (χ4n) is 2.03. The molecule has 0 saturated heterocycles. The summed E-state index contributed by atoms with van der Waals surface area (Å²) in [5.41, 5.74) is 5.63. The molecule has 1 aromatic carbocycles. The molecule has 3 rings (SSSR count). The second kappa shape index (κ2) is 7.63. The fourth-order valence-corrected chi connectivity index (χ4v) is 2.74. The van der Waals surface area contributed by atoms with Gasteiger partial charge in [-0.15, -0.1) is 11.3 Å². The molecule has 0 aliphatic rings. The Hall–Kier alpha value is -3.13. The number of carbonyl (C=O) groups excluding carboxylic acids is 2. The van der Waals surface area contributed by atoms with Gasteiger partial charge in [0.1, 0.15) is 18.1 Å². The summed E-state index contributed by atoms with van der Waals surface area (Å²) in [4.78, 5) is 27.1. The molecule has 0 saturated carbocycles. The molecular weight excluding hydrogens is 342 g/mol. The van der Waals surface area contributed by atoms with E-state index in [1.807, 2.05) is 30.3 Å². The lowest BCUT2D eigenvalue weighted by Crippen LogP contribution is -2.14. The van der Waals surface area contributed by atoms with E-state index in [-0.39, 0.29) is 18.8 Å². The van der Waals surface area contributed by atoms with Crippen LogP contribution < -0.4 is 15.8 Å². The number of rotatable bonds is 7. The molecule has 0 aliphatic heterocycles. The van der Waals surface area contributed by atoms with E-state index in [2.05, 4.69) is 10.3 Å². The lowest BCUT2D eigenvalue weighted by atomic mass is 10.3. The van der Waals surface area contributed by atoms with E-state index in [0.717, 1.165) is 5.75 Å². The van der Waals surface area contributed by atoms with Crippen LogP contribution in [0.3, 0.4) is 0 Å². The second-order valence-electron chi connectivity index (χ2n) is 5.11. The van der Waals surface area contributed by atoms with Crippen LogP contribution in [0.25, 0.3) is 0 Å². The van der Waals surface area contributed by atoms with Crippen LogP contribution in [0.1, 0.15) is 22.0 Å². The number of nitrogens with zero attached hydrogens (tertiary/aromatic N) is 1. The van der Waals surface area contributed by atoms with Gasteiger partial charge in [-0.2, -0.15) is 0 Å². The normalized spacial score (nSPS) is 10.4. The number of carbonyl (C=O) groups is 2. The molecule has 2 amide bonds. The first-order chi connectivity index (χ1) is 12.1. The van der Waals surface area contributed by atoms with Crippen LogP contribution in [0.5, 0.6) is 5.75 Å². The Labute approximate surface area is 147 Å². The number of anilines is 1. The first-order valence-electron chi connectivity index (χ1n) is 7.41. The van der Waals surface area contributed by atoms with Crippen LogP contribution in [0.15, 0.2) is 52.3 Å². The third kappa shape index (κ3) is 4.67. The maximum absolute atomic E-state index is 12.2. The maximum atomic E-state index is 12.2. The molecule has 0 fully saturated rings. The van der Waals surface area contributed by atoms with Crippen molar-refractivity contribution < 1.29 is 18.7 Å². The van der Waals surface area contributed by atoms with E-state index in [4.69, 9.17) is 14.9 Å². The number of thiazole rings is 1. The predicted molar refractivity (Wildman–Crippen MR) is 92.4 cm³/mol. The molecule has 2 aromatic heterocycles. The van der Waals surface area contributed by atoms with Gasteiger partial charge in [0.15, 0.2) is 10.9 Å². The molecule has 128 valence electrons. The topological polar surface area (TPSA) is 107 Å². The van der Waals surface area contributed by atoms with E-state index in [0.29, 0.717) is 16.6 Å². The summed E-state index contributed by atoms with van der Waals surface area (Å²) in [6.45, 7) is 0.220. The second-order valence-corrected chi connectivity index (χ2v) is 5.97. The predicted octanol–water partition coefficient (Wildman–Crippen LogP) is 2.60. The first-order valence-corrected chi connectivity index (χ1v) is 8.29. The quantitative estimate of drug-likeness (QED) is 0.676. The van der Waals surface area contributed by atoms with Crippen LogP contribution in [0, 0.1) is 0 Å². The van der Waals surface area contributed by atoms with E-state index in [1.165, 1.54) is 11.3 Å². The van der Waals surface area contributed by atoms with Gasteiger partial charge in [0, 0.05) is 5.38 Å². The van der Waals surface area contributed by atoms with Crippen molar-refractivity contribution in [1.82, 2.24) is 4.98 Å². The molecular formula is C17H15N3O4S.